The molecule has 0 radical (unpaired) electrons. The minimum absolute atomic E-state index is 0.108. The number of hydrogen-bond acceptors (Lipinski definition) is 2. The highest BCUT2D eigenvalue weighted by atomic mass is 35.5. The van der Waals surface area contributed by atoms with E-state index in [0.717, 1.165) is 35.7 Å². The van der Waals surface area contributed by atoms with Crippen LogP contribution in [0.15, 0.2) is 18.2 Å². The third-order valence-corrected chi connectivity index (χ3v) is 3.47. The van der Waals surface area contributed by atoms with Crippen molar-refractivity contribution in [2.24, 2.45) is 0 Å². The molecule has 1 amide bonds. The molecule has 0 saturated carbocycles. The second kappa shape index (κ2) is 9.65. The fourth-order valence-corrected chi connectivity index (χ4v) is 1.94. The first kappa shape index (κ1) is 16.8. The normalized spacial score (nSPS) is 10.3. The standard InChI is InChI=1S/C16H24ClNO2/c1-3-4-5-10-18-16(19)7-6-11-20-14-8-9-15(17)13(2)12-14/h8-9,12H,3-7,10-11H2,1-2H3,(H,18,19). The van der Waals surface area contributed by atoms with Crippen molar-refractivity contribution in [3.05, 3.63) is 28.8 Å². The Morgan fingerprint density at radius 3 is 2.80 bits per heavy atom. The fraction of sp³-hybridized carbons (Fsp3) is 0.562. The number of halogens is 1. The molecule has 20 heavy (non-hydrogen) atoms. The molecule has 0 atom stereocenters. The summed E-state index contributed by atoms with van der Waals surface area (Å²) in [7, 11) is 0. The average molecular weight is 298 g/mol. The molecule has 0 saturated heterocycles. The topological polar surface area (TPSA) is 38.3 Å². The Bertz CT molecular complexity index is 421. The van der Waals surface area contributed by atoms with Crippen LogP contribution in [0, 0.1) is 6.92 Å². The minimum atomic E-state index is 0.108. The van der Waals surface area contributed by atoms with Gasteiger partial charge in [-0.15, -0.1) is 0 Å². The van der Waals surface area contributed by atoms with E-state index in [9.17, 15) is 4.79 Å². The van der Waals surface area contributed by atoms with E-state index in [4.69, 9.17) is 16.3 Å². The lowest BCUT2D eigenvalue weighted by Crippen LogP contribution is -2.24. The summed E-state index contributed by atoms with van der Waals surface area (Å²) in [5, 5.41) is 3.66. The largest absolute Gasteiger partial charge is 0.494 e. The Morgan fingerprint density at radius 2 is 2.10 bits per heavy atom. The summed E-state index contributed by atoms with van der Waals surface area (Å²) >= 11 is 5.95. The van der Waals surface area contributed by atoms with E-state index in [2.05, 4.69) is 12.2 Å². The number of ether oxygens (including phenoxy) is 1. The Labute approximate surface area is 126 Å². The van der Waals surface area contributed by atoms with Gasteiger partial charge in [-0.1, -0.05) is 31.4 Å². The summed E-state index contributed by atoms with van der Waals surface area (Å²) in [4.78, 5) is 11.5. The zero-order valence-corrected chi connectivity index (χ0v) is 13.1. The summed E-state index contributed by atoms with van der Waals surface area (Å²) < 4.78 is 5.60. The lowest BCUT2D eigenvalue weighted by atomic mass is 10.2. The summed E-state index contributed by atoms with van der Waals surface area (Å²) in [5.74, 6) is 0.909. The first-order chi connectivity index (χ1) is 9.63. The van der Waals surface area contributed by atoms with Crippen LogP contribution in [0.3, 0.4) is 0 Å². The van der Waals surface area contributed by atoms with E-state index in [0.29, 0.717) is 13.0 Å². The molecule has 0 fully saturated rings. The maximum absolute atomic E-state index is 11.5. The predicted octanol–water partition coefficient (Wildman–Crippen LogP) is 4.11. The average Bonchev–Trinajstić information content (AvgIpc) is 2.43. The predicted molar refractivity (Wildman–Crippen MR) is 83.5 cm³/mol. The molecular weight excluding hydrogens is 274 g/mol. The van der Waals surface area contributed by atoms with Crippen molar-refractivity contribution in [3.8, 4) is 5.75 Å². The molecule has 0 heterocycles. The number of carbonyl (C=O) groups is 1. The van der Waals surface area contributed by atoms with Crippen molar-refractivity contribution >= 4 is 17.5 Å². The van der Waals surface area contributed by atoms with Crippen LogP contribution in [0.1, 0.15) is 44.6 Å². The Kier molecular flexibility index (Phi) is 8.12. The van der Waals surface area contributed by atoms with Gasteiger partial charge in [0.2, 0.25) is 5.91 Å². The summed E-state index contributed by atoms with van der Waals surface area (Å²) in [6.07, 6.45) is 4.63. The molecule has 0 aliphatic rings. The molecule has 0 unspecified atom stereocenters. The molecular formula is C16H24ClNO2. The van der Waals surface area contributed by atoms with Crippen molar-refractivity contribution < 1.29 is 9.53 Å². The van der Waals surface area contributed by atoms with E-state index in [-0.39, 0.29) is 5.91 Å². The smallest absolute Gasteiger partial charge is 0.220 e. The van der Waals surface area contributed by atoms with Crippen molar-refractivity contribution in [3.63, 3.8) is 0 Å². The molecule has 1 rings (SSSR count). The number of carbonyl (C=O) groups excluding carboxylic acids is 1. The number of nitrogens with one attached hydrogen (secondary N) is 1. The zero-order chi connectivity index (χ0) is 14.8. The van der Waals surface area contributed by atoms with Gasteiger partial charge in [0.25, 0.3) is 0 Å². The van der Waals surface area contributed by atoms with Gasteiger partial charge in [0, 0.05) is 18.0 Å². The molecule has 4 heteroatoms. The number of rotatable bonds is 9. The minimum Gasteiger partial charge on any atom is -0.494 e. The van der Waals surface area contributed by atoms with Gasteiger partial charge < -0.3 is 10.1 Å². The SMILES string of the molecule is CCCCCNC(=O)CCCOc1ccc(Cl)c(C)c1. The van der Waals surface area contributed by atoms with E-state index in [1.54, 1.807) is 0 Å². The molecule has 1 N–H and O–H groups in total. The maximum atomic E-state index is 11.5. The highest BCUT2D eigenvalue weighted by Crippen LogP contribution is 2.21. The number of benzene rings is 1. The van der Waals surface area contributed by atoms with Crippen LogP contribution in [0.4, 0.5) is 0 Å². The van der Waals surface area contributed by atoms with Crippen molar-refractivity contribution in [1.29, 1.82) is 0 Å². The zero-order valence-electron chi connectivity index (χ0n) is 12.4. The molecule has 0 spiro atoms. The van der Waals surface area contributed by atoms with E-state index in [1.165, 1.54) is 12.8 Å². The van der Waals surface area contributed by atoms with E-state index >= 15 is 0 Å². The fourth-order valence-electron chi connectivity index (χ4n) is 1.82. The summed E-state index contributed by atoms with van der Waals surface area (Å²) in [5.41, 5.74) is 0.998. The van der Waals surface area contributed by atoms with E-state index in [1.807, 2.05) is 25.1 Å². The first-order valence-corrected chi connectivity index (χ1v) is 7.67. The molecule has 0 aromatic heterocycles. The van der Waals surface area contributed by atoms with Crippen LogP contribution < -0.4 is 10.1 Å². The van der Waals surface area contributed by atoms with Crippen LogP contribution in [0.25, 0.3) is 0 Å². The lowest BCUT2D eigenvalue weighted by Gasteiger charge is -2.08. The van der Waals surface area contributed by atoms with Crippen LogP contribution in [-0.4, -0.2) is 19.1 Å². The van der Waals surface area contributed by atoms with Crippen LogP contribution >= 0.6 is 11.6 Å². The van der Waals surface area contributed by atoms with Gasteiger partial charge in [-0.3, -0.25) is 4.79 Å². The Morgan fingerprint density at radius 1 is 1.30 bits per heavy atom. The molecule has 1 aromatic carbocycles. The summed E-state index contributed by atoms with van der Waals surface area (Å²) in [6.45, 7) is 5.42. The van der Waals surface area contributed by atoms with Crippen LogP contribution in [0.5, 0.6) is 5.75 Å². The first-order valence-electron chi connectivity index (χ1n) is 7.29. The summed E-state index contributed by atoms with van der Waals surface area (Å²) in [6, 6.07) is 5.58. The third-order valence-electron chi connectivity index (χ3n) is 3.05. The maximum Gasteiger partial charge on any atom is 0.220 e. The second-order valence-electron chi connectivity index (χ2n) is 4.92. The number of amides is 1. The number of aryl methyl sites for hydroxylation is 1. The molecule has 3 nitrogen and oxygen atoms in total. The number of unbranched alkanes of at least 4 members (excludes halogenated alkanes) is 2. The highest BCUT2D eigenvalue weighted by molar-refractivity contribution is 6.31. The van der Waals surface area contributed by atoms with Gasteiger partial charge >= 0.3 is 0 Å². The Hall–Kier alpha value is -1.22. The van der Waals surface area contributed by atoms with Gasteiger partial charge in [0.15, 0.2) is 0 Å². The van der Waals surface area contributed by atoms with E-state index < -0.39 is 0 Å². The van der Waals surface area contributed by atoms with Gasteiger partial charge in [-0.2, -0.15) is 0 Å². The number of hydrogen-bond donors (Lipinski definition) is 1. The van der Waals surface area contributed by atoms with Gasteiger partial charge in [0.1, 0.15) is 5.75 Å². The molecule has 0 aliphatic carbocycles. The van der Waals surface area contributed by atoms with Gasteiger partial charge in [-0.25, -0.2) is 0 Å². The monoisotopic (exact) mass is 297 g/mol. The van der Waals surface area contributed by atoms with Crippen molar-refractivity contribution in [2.45, 2.75) is 46.0 Å². The van der Waals surface area contributed by atoms with Crippen LogP contribution in [0.2, 0.25) is 5.02 Å². The Balaban J connectivity index is 2.12. The van der Waals surface area contributed by atoms with Crippen LogP contribution in [-0.2, 0) is 4.79 Å². The van der Waals surface area contributed by atoms with Crippen molar-refractivity contribution in [1.82, 2.24) is 5.32 Å². The van der Waals surface area contributed by atoms with Crippen molar-refractivity contribution in [2.75, 3.05) is 13.2 Å². The molecule has 112 valence electrons. The van der Waals surface area contributed by atoms with Gasteiger partial charge in [0.05, 0.1) is 6.61 Å². The molecule has 0 aliphatic heterocycles. The quantitative estimate of drug-likeness (QED) is 0.697. The lowest BCUT2D eigenvalue weighted by molar-refractivity contribution is -0.121. The highest BCUT2D eigenvalue weighted by Gasteiger charge is 2.02. The van der Waals surface area contributed by atoms with Gasteiger partial charge in [-0.05, 0) is 43.5 Å². The molecule has 1 aromatic rings. The molecule has 0 bridgehead atoms. The third kappa shape index (κ3) is 6.80. The second-order valence-corrected chi connectivity index (χ2v) is 5.33.